The molecule has 0 spiro atoms. The molecule has 0 saturated heterocycles. The zero-order valence-corrected chi connectivity index (χ0v) is 12.4. The Labute approximate surface area is 115 Å². The predicted molar refractivity (Wildman–Crippen MR) is 81.1 cm³/mol. The highest BCUT2D eigenvalue weighted by atomic mass is 15.1. The van der Waals surface area contributed by atoms with Crippen molar-refractivity contribution in [2.75, 3.05) is 19.4 Å². The molecule has 0 saturated carbocycles. The predicted octanol–water partition coefficient (Wildman–Crippen LogP) is 3.30. The third-order valence-corrected chi connectivity index (χ3v) is 2.91. The summed E-state index contributed by atoms with van der Waals surface area (Å²) in [5.74, 6) is 0. The zero-order valence-electron chi connectivity index (χ0n) is 12.4. The number of nitriles is 1. The Kier molecular flexibility index (Phi) is 5.37. The van der Waals surface area contributed by atoms with Crippen LogP contribution in [0.25, 0.3) is 0 Å². The minimum absolute atomic E-state index is 0.400. The number of aliphatic imine (C=N–C) groups is 1. The third-order valence-electron chi connectivity index (χ3n) is 2.91. The summed E-state index contributed by atoms with van der Waals surface area (Å²) >= 11 is 0. The van der Waals surface area contributed by atoms with Crippen LogP contribution < -0.4 is 5.32 Å². The van der Waals surface area contributed by atoms with Gasteiger partial charge in [0, 0.05) is 25.8 Å². The summed E-state index contributed by atoms with van der Waals surface area (Å²) in [4.78, 5) is 6.20. The van der Waals surface area contributed by atoms with Gasteiger partial charge in [0.25, 0.3) is 0 Å². The highest BCUT2D eigenvalue weighted by Crippen LogP contribution is 2.27. The smallest absolute Gasteiger partial charge is 0.101 e. The molecule has 0 heterocycles. The topological polar surface area (TPSA) is 51.4 Å². The Morgan fingerprint density at radius 2 is 2.16 bits per heavy atom. The number of benzene rings is 1. The average molecular weight is 258 g/mol. The molecule has 0 aliphatic carbocycles. The van der Waals surface area contributed by atoms with Crippen molar-refractivity contribution >= 4 is 17.7 Å². The lowest BCUT2D eigenvalue weighted by Crippen LogP contribution is -2.14. The molecular weight excluding hydrogens is 236 g/mol. The van der Waals surface area contributed by atoms with Gasteiger partial charge >= 0.3 is 0 Å². The second-order valence-electron chi connectivity index (χ2n) is 4.96. The molecule has 4 heteroatoms. The van der Waals surface area contributed by atoms with E-state index in [1.54, 1.807) is 6.34 Å². The van der Waals surface area contributed by atoms with E-state index in [1.165, 1.54) is 0 Å². The van der Waals surface area contributed by atoms with E-state index in [2.05, 4.69) is 30.2 Å². The molecule has 0 fully saturated rings. The molecule has 102 valence electrons. The van der Waals surface area contributed by atoms with Gasteiger partial charge in [-0.25, -0.2) is 4.99 Å². The van der Waals surface area contributed by atoms with Crippen molar-refractivity contribution in [1.82, 2.24) is 4.90 Å². The van der Waals surface area contributed by atoms with Crippen LogP contribution in [0.15, 0.2) is 17.1 Å². The van der Waals surface area contributed by atoms with Crippen molar-refractivity contribution in [2.45, 2.75) is 33.2 Å². The number of hydrogen-bond acceptors (Lipinski definition) is 3. The first-order valence-electron chi connectivity index (χ1n) is 6.49. The summed E-state index contributed by atoms with van der Waals surface area (Å²) in [6, 6.07) is 6.42. The molecule has 1 N–H and O–H groups in total. The molecular formula is C15H22N4. The van der Waals surface area contributed by atoms with E-state index >= 15 is 0 Å². The van der Waals surface area contributed by atoms with Crippen molar-refractivity contribution in [3.8, 4) is 6.07 Å². The lowest BCUT2D eigenvalue weighted by atomic mass is 10.1. The molecule has 1 unspecified atom stereocenters. The number of nitrogens with one attached hydrogen (secondary N) is 1. The van der Waals surface area contributed by atoms with Gasteiger partial charge in [-0.2, -0.15) is 5.26 Å². The highest BCUT2D eigenvalue weighted by molar-refractivity contribution is 5.70. The van der Waals surface area contributed by atoms with Gasteiger partial charge in [-0.1, -0.05) is 6.92 Å². The standard InChI is InChI=1S/C15H22N4/c1-6-12(3)18-14-8-15(17-10-19(4)5)13(9-16)7-11(14)2/h7-8,10,12,18H,6H2,1-5H3. The molecule has 0 aromatic heterocycles. The van der Waals surface area contributed by atoms with Crippen LogP contribution >= 0.6 is 0 Å². The number of nitrogens with zero attached hydrogens (tertiary/aromatic N) is 3. The summed E-state index contributed by atoms with van der Waals surface area (Å²) in [5.41, 5.74) is 3.41. The molecule has 0 bridgehead atoms. The minimum Gasteiger partial charge on any atom is -0.382 e. The zero-order chi connectivity index (χ0) is 14.4. The summed E-state index contributed by atoms with van der Waals surface area (Å²) in [6.45, 7) is 6.28. The Morgan fingerprint density at radius 3 is 2.68 bits per heavy atom. The van der Waals surface area contributed by atoms with E-state index in [9.17, 15) is 0 Å². The van der Waals surface area contributed by atoms with E-state index in [0.717, 1.165) is 17.7 Å². The van der Waals surface area contributed by atoms with Crippen LogP contribution in [0.5, 0.6) is 0 Å². The average Bonchev–Trinajstić information content (AvgIpc) is 2.38. The second-order valence-corrected chi connectivity index (χ2v) is 4.96. The van der Waals surface area contributed by atoms with E-state index < -0.39 is 0 Å². The first kappa shape index (κ1) is 15.0. The van der Waals surface area contributed by atoms with E-state index in [0.29, 0.717) is 17.3 Å². The van der Waals surface area contributed by atoms with Gasteiger partial charge < -0.3 is 10.2 Å². The number of aryl methyl sites for hydroxylation is 1. The van der Waals surface area contributed by atoms with Crippen LogP contribution in [0.4, 0.5) is 11.4 Å². The summed E-state index contributed by atoms with van der Waals surface area (Å²) in [7, 11) is 3.81. The molecule has 1 atom stereocenters. The molecule has 0 aliphatic heterocycles. The summed E-state index contributed by atoms with van der Waals surface area (Å²) in [5, 5.41) is 12.6. The van der Waals surface area contributed by atoms with E-state index in [-0.39, 0.29) is 0 Å². The van der Waals surface area contributed by atoms with Crippen molar-refractivity contribution in [2.24, 2.45) is 4.99 Å². The molecule has 0 aliphatic rings. The first-order valence-corrected chi connectivity index (χ1v) is 6.49. The quantitative estimate of drug-likeness (QED) is 0.651. The van der Waals surface area contributed by atoms with Crippen molar-refractivity contribution in [1.29, 1.82) is 5.26 Å². The maximum Gasteiger partial charge on any atom is 0.101 e. The first-order chi connectivity index (χ1) is 8.97. The van der Waals surface area contributed by atoms with Crippen LogP contribution in [0, 0.1) is 18.3 Å². The number of rotatable bonds is 5. The lowest BCUT2D eigenvalue weighted by Gasteiger charge is -2.16. The molecule has 1 aromatic rings. The van der Waals surface area contributed by atoms with Crippen molar-refractivity contribution in [3.05, 3.63) is 23.3 Å². The molecule has 19 heavy (non-hydrogen) atoms. The van der Waals surface area contributed by atoms with Crippen molar-refractivity contribution < 1.29 is 0 Å². The van der Waals surface area contributed by atoms with Crippen LogP contribution in [0.3, 0.4) is 0 Å². The fourth-order valence-electron chi connectivity index (χ4n) is 1.59. The largest absolute Gasteiger partial charge is 0.382 e. The van der Waals surface area contributed by atoms with Gasteiger partial charge in [0.2, 0.25) is 0 Å². The van der Waals surface area contributed by atoms with Gasteiger partial charge in [-0.05, 0) is 38.0 Å². The Balaban J connectivity index is 3.15. The SMILES string of the molecule is CCC(C)Nc1cc(N=CN(C)C)c(C#N)cc1C. The molecule has 1 rings (SSSR count). The Hall–Kier alpha value is -2.02. The monoisotopic (exact) mass is 258 g/mol. The van der Waals surface area contributed by atoms with Gasteiger partial charge in [0.15, 0.2) is 0 Å². The Bertz CT molecular complexity index is 498. The maximum atomic E-state index is 9.17. The molecule has 1 aromatic carbocycles. The fourth-order valence-corrected chi connectivity index (χ4v) is 1.59. The second kappa shape index (κ2) is 6.79. The summed E-state index contributed by atoms with van der Waals surface area (Å²) < 4.78 is 0. The normalized spacial score (nSPS) is 12.2. The number of hydrogen-bond donors (Lipinski definition) is 1. The maximum absolute atomic E-state index is 9.17. The van der Waals surface area contributed by atoms with E-state index in [4.69, 9.17) is 5.26 Å². The lowest BCUT2D eigenvalue weighted by molar-refractivity contribution is 0.643. The fraction of sp³-hybridized carbons (Fsp3) is 0.467. The van der Waals surface area contributed by atoms with Gasteiger partial charge in [0.05, 0.1) is 17.6 Å². The van der Waals surface area contributed by atoms with E-state index in [1.807, 2.05) is 38.1 Å². The van der Waals surface area contributed by atoms with Gasteiger partial charge in [-0.3, -0.25) is 0 Å². The van der Waals surface area contributed by atoms with Crippen LogP contribution in [-0.4, -0.2) is 31.4 Å². The minimum atomic E-state index is 0.400. The van der Waals surface area contributed by atoms with Crippen LogP contribution in [-0.2, 0) is 0 Å². The van der Waals surface area contributed by atoms with Crippen molar-refractivity contribution in [3.63, 3.8) is 0 Å². The highest BCUT2D eigenvalue weighted by Gasteiger charge is 2.08. The van der Waals surface area contributed by atoms with Gasteiger partial charge in [0.1, 0.15) is 6.07 Å². The third kappa shape index (κ3) is 4.29. The molecule has 4 nitrogen and oxygen atoms in total. The summed E-state index contributed by atoms with van der Waals surface area (Å²) in [6.07, 6.45) is 2.76. The Morgan fingerprint density at radius 1 is 1.47 bits per heavy atom. The molecule has 0 amide bonds. The molecule has 0 radical (unpaired) electrons. The van der Waals surface area contributed by atoms with Gasteiger partial charge in [-0.15, -0.1) is 0 Å². The van der Waals surface area contributed by atoms with Crippen LogP contribution in [0.1, 0.15) is 31.4 Å². The van der Waals surface area contributed by atoms with Crippen LogP contribution in [0.2, 0.25) is 0 Å². The number of anilines is 1.